The molecule has 1 N–H and O–H groups in total. The highest BCUT2D eigenvalue weighted by atomic mass is 32.1. The van der Waals surface area contributed by atoms with Gasteiger partial charge in [-0.15, -0.1) is 11.3 Å². The van der Waals surface area contributed by atoms with E-state index < -0.39 is 0 Å². The summed E-state index contributed by atoms with van der Waals surface area (Å²) in [5, 5.41) is 3.49. The van der Waals surface area contributed by atoms with Gasteiger partial charge in [0.1, 0.15) is 0 Å². The van der Waals surface area contributed by atoms with Gasteiger partial charge in [0, 0.05) is 13.1 Å². The molecule has 4 rings (SSSR count). The van der Waals surface area contributed by atoms with Crippen molar-refractivity contribution in [3.8, 4) is 0 Å². The molecule has 1 saturated heterocycles. The van der Waals surface area contributed by atoms with Crippen molar-refractivity contribution in [2.45, 2.75) is 0 Å². The van der Waals surface area contributed by atoms with Gasteiger partial charge >= 0.3 is 0 Å². The summed E-state index contributed by atoms with van der Waals surface area (Å²) in [7, 11) is 0. The first kappa shape index (κ1) is 15.1. The van der Waals surface area contributed by atoms with Gasteiger partial charge in [0.05, 0.1) is 34.8 Å². The van der Waals surface area contributed by atoms with Crippen LogP contribution in [-0.2, 0) is 4.74 Å². The van der Waals surface area contributed by atoms with Crippen molar-refractivity contribution in [2.75, 3.05) is 36.5 Å². The number of thiazole rings is 1. The molecule has 0 atom stereocenters. The lowest BCUT2D eigenvalue weighted by atomic mass is 10.2. The van der Waals surface area contributed by atoms with Crippen molar-refractivity contribution >= 4 is 38.8 Å². The first-order valence-corrected chi connectivity index (χ1v) is 8.71. The Bertz CT molecular complexity index is 838. The second kappa shape index (κ2) is 6.59. The number of para-hydroxylation sites is 3. The minimum absolute atomic E-state index is 0.170. The Kier molecular flexibility index (Phi) is 4.15. The Morgan fingerprint density at radius 3 is 2.67 bits per heavy atom. The maximum Gasteiger partial charge on any atom is 0.284 e. The highest BCUT2D eigenvalue weighted by Gasteiger charge is 2.18. The molecule has 1 fully saturated rings. The lowest BCUT2D eigenvalue weighted by Gasteiger charge is -2.30. The van der Waals surface area contributed by atoms with Crippen molar-refractivity contribution in [1.82, 2.24) is 4.98 Å². The van der Waals surface area contributed by atoms with Crippen molar-refractivity contribution in [3.05, 3.63) is 53.5 Å². The van der Waals surface area contributed by atoms with E-state index in [1.165, 1.54) is 11.3 Å². The lowest BCUT2D eigenvalue weighted by molar-refractivity contribution is 0.102. The largest absolute Gasteiger partial charge is 0.378 e. The molecule has 5 nitrogen and oxygen atoms in total. The Balaban J connectivity index is 1.59. The van der Waals surface area contributed by atoms with Crippen LogP contribution in [0.2, 0.25) is 0 Å². The van der Waals surface area contributed by atoms with Gasteiger partial charge in [-0.3, -0.25) is 4.79 Å². The van der Waals surface area contributed by atoms with E-state index in [-0.39, 0.29) is 5.91 Å². The maximum absolute atomic E-state index is 12.6. The normalized spacial score (nSPS) is 14.8. The second-order valence-corrected chi connectivity index (χ2v) is 6.59. The number of benzene rings is 2. The number of ether oxygens (including phenoxy) is 1. The van der Waals surface area contributed by atoms with E-state index in [9.17, 15) is 4.79 Å². The smallest absolute Gasteiger partial charge is 0.284 e. The van der Waals surface area contributed by atoms with E-state index in [1.807, 2.05) is 48.5 Å². The molecule has 1 aromatic heterocycles. The molecule has 3 aromatic rings. The third kappa shape index (κ3) is 2.98. The standard InChI is InChI=1S/C18H17N3O2S/c22-17(18-20-14-6-2-4-8-16(14)24-18)19-13-5-1-3-7-15(13)21-9-11-23-12-10-21/h1-8H,9-12H2,(H,19,22). The van der Waals surface area contributed by atoms with E-state index in [4.69, 9.17) is 4.74 Å². The van der Waals surface area contributed by atoms with Crippen molar-refractivity contribution in [3.63, 3.8) is 0 Å². The highest BCUT2D eigenvalue weighted by Crippen LogP contribution is 2.28. The molecule has 0 saturated carbocycles. The third-order valence-corrected chi connectivity index (χ3v) is 5.03. The van der Waals surface area contributed by atoms with Crippen LogP contribution in [0.25, 0.3) is 10.2 Å². The number of anilines is 2. The zero-order valence-corrected chi connectivity index (χ0v) is 13.9. The molecule has 0 bridgehead atoms. The Hall–Kier alpha value is -2.44. The third-order valence-electron chi connectivity index (χ3n) is 3.99. The fraction of sp³-hybridized carbons (Fsp3) is 0.222. The maximum atomic E-state index is 12.6. The zero-order chi connectivity index (χ0) is 16.4. The summed E-state index contributed by atoms with van der Waals surface area (Å²) in [5.41, 5.74) is 2.69. The summed E-state index contributed by atoms with van der Waals surface area (Å²) in [4.78, 5) is 19.3. The van der Waals surface area contributed by atoms with Crippen LogP contribution in [0.4, 0.5) is 11.4 Å². The van der Waals surface area contributed by atoms with Gasteiger partial charge in [-0.25, -0.2) is 4.98 Å². The van der Waals surface area contributed by atoms with Crippen LogP contribution in [0.3, 0.4) is 0 Å². The summed E-state index contributed by atoms with van der Waals surface area (Å²) in [5.74, 6) is -0.170. The molecule has 0 unspecified atom stereocenters. The monoisotopic (exact) mass is 339 g/mol. The Morgan fingerprint density at radius 2 is 1.83 bits per heavy atom. The van der Waals surface area contributed by atoms with Crippen molar-refractivity contribution in [1.29, 1.82) is 0 Å². The molecule has 1 amide bonds. The van der Waals surface area contributed by atoms with Gasteiger partial charge in [-0.1, -0.05) is 24.3 Å². The molecule has 0 aliphatic carbocycles. The number of nitrogens with zero attached hydrogens (tertiary/aromatic N) is 2. The van der Waals surface area contributed by atoms with Gasteiger partial charge in [0.15, 0.2) is 5.01 Å². The molecule has 122 valence electrons. The minimum atomic E-state index is -0.170. The van der Waals surface area contributed by atoms with Gasteiger partial charge in [0.2, 0.25) is 0 Å². The van der Waals surface area contributed by atoms with E-state index in [0.29, 0.717) is 18.2 Å². The number of morpholine rings is 1. The van der Waals surface area contributed by atoms with Gasteiger partial charge in [-0.05, 0) is 24.3 Å². The number of nitrogens with one attached hydrogen (secondary N) is 1. The number of carbonyl (C=O) groups is 1. The molecule has 2 heterocycles. The van der Waals surface area contributed by atoms with E-state index >= 15 is 0 Å². The molecular formula is C18H17N3O2S. The molecular weight excluding hydrogens is 322 g/mol. The summed E-state index contributed by atoms with van der Waals surface area (Å²) >= 11 is 1.41. The minimum Gasteiger partial charge on any atom is -0.378 e. The Morgan fingerprint density at radius 1 is 1.08 bits per heavy atom. The molecule has 2 aromatic carbocycles. The molecule has 1 aliphatic heterocycles. The molecule has 0 radical (unpaired) electrons. The van der Waals surface area contributed by atoms with Crippen LogP contribution in [0.15, 0.2) is 48.5 Å². The lowest BCUT2D eigenvalue weighted by Crippen LogP contribution is -2.36. The van der Waals surface area contributed by atoms with Crippen LogP contribution in [0.5, 0.6) is 0 Å². The molecule has 1 aliphatic rings. The van der Waals surface area contributed by atoms with Crippen molar-refractivity contribution in [2.24, 2.45) is 0 Å². The summed E-state index contributed by atoms with van der Waals surface area (Å²) < 4.78 is 6.43. The topological polar surface area (TPSA) is 54.5 Å². The van der Waals surface area contributed by atoms with Crippen LogP contribution in [-0.4, -0.2) is 37.2 Å². The fourth-order valence-corrected chi connectivity index (χ4v) is 3.67. The number of hydrogen-bond donors (Lipinski definition) is 1. The first-order chi connectivity index (χ1) is 11.8. The number of aromatic nitrogens is 1. The van der Waals surface area contributed by atoms with Crippen LogP contribution in [0, 0.1) is 0 Å². The second-order valence-electron chi connectivity index (χ2n) is 5.56. The predicted octanol–water partition coefficient (Wildman–Crippen LogP) is 3.39. The van der Waals surface area contributed by atoms with E-state index in [1.54, 1.807) is 0 Å². The molecule has 0 spiro atoms. The molecule has 6 heteroatoms. The van der Waals surface area contributed by atoms with Gasteiger partial charge in [-0.2, -0.15) is 0 Å². The van der Waals surface area contributed by atoms with Crippen LogP contribution >= 0.6 is 11.3 Å². The van der Waals surface area contributed by atoms with E-state index in [0.717, 1.165) is 34.7 Å². The van der Waals surface area contributed by atoms with Crippen molar-refractivity contribution < 1.29 is 9.53 Å². The van der Waals surface area contributed by atoms with Gasteiger partial charge in [0.25, 0.3) is 5.91 Å². The number of hydrogen-bond acceptors (Lipinski definition) is 5. The SMILES string of the molecule is O=C(Nc1ccccc1N1CCOCC1)c1nc2ccccc2s1. The number of carbonyl (C=O) groups excluding carboxylic acids is 1. The first-order valence-electron chi connectivity index (χ1n) is 7.90. The number of amides is 1. The average Bonchev–Trinajstić information content (AvgIpc) is 3.07. The van der Waals surface area contributed by atoms with Crippen LogP contribution < -0.4 is 10.2 Å². The number of rotatable bonds is 3. The fourth-order valence-electron chi connectivity index (χ4n) is 2.80. The summed E-state index contributed by atoms with van der Waals surface area (Å²) in [6.07, 6.45) is 0. The molecule has 24 heavy (non-hydrogen) atoms. The summed E-state index contributed by atoms with van der Waals surface area (Å²) in [6.45, 7) is 3.07. The average molecular weight is 339 g/mol. The highest BCUT2D eigenvalue weighted by molar-refractivity contribution is 7.20. The van der Waals surface area contributed by atoms with E-state index in [2.05, 4.69) is 15.2 Å². The Labute approximate surface area is 143 Å². The number of fused-ring (bicyclic) bond motifs is 1. The van der Waals surface area contributed by atoms with Gasteiger partial charge < -0.3 is 15.0 Å². The summed E-state index contributed by atoms with van der Waals surface area (Å²) in [6, 6.07) is 15.6. The van der Waals surface area contributed by atoms with Crippen LogP contribution in [0.1, 0.15) is 9.80 Å². The quantitative estimate of drug-likeness (QED) is 0.795. The predicted molar refractivity (Wildman–Crippen MR) is 97.0 cm³/mol. The zero-order valence-electron chi connectivity index (χ0n) is 13.1.